The molecule has 0 radical (unpaired) electrons. The van der Waals surface area contributed by atoms with E-state index in [1.54, 1.807) is 0 Å². The van der Waals surface area contributed by atoms with Crippen LogP contribution in [-0.2, 0) is 0 Å². The van der Waals surface area contributed by atoms with Crippen molar-refractivity contribution in [2.75, 3.05) is 0 Å². The molecule has 0 aliphatic rings. The topological polar surface area (TPSA) is 73.4 Å². The average Bonchev–Trinajstić information content (AvgIpc) is 2.87. The molecule has 0 aliphatic carbocycles. The lowest BCUT2D eigenvalue weighted by atomic mass is 10.1. The molecule has 0 spiro atoms. The van der Waals surface area contributed by atoms with Crippen LogP contribution in [0.2, 0.25) is 0 Å². The number of benzene rings is 2. The molecule has 0 aliphatic heterocycles. The quantitative estimate of drug-likeness (QED) is 0.673. The third kappa shape index (κ3) is 3.00. The van der Waals surface area contributed by atoms with E-state index in [1.165, 1.54) is 0 Å². The maximum absolute atomic E-state index is 11.9. The van der Waals surface area contributed by atoms with Crippen LogP contribution in [0, 0.1) is 0 Å². The second-order valence-corrected chi connectivity index (χ2v) is 5.26. The summed E-state index contributed by atoms with van der Waals surface area (Å²) < 4.78 is 0.924. The molecule has 1 aromatic heterocycles. The normalized spacial score (nSPS) is 11.1. The summed E-state index contributed by atoms with van der Waals surface area (Å²) >= 11 is 3.41. The molecule has 0 bridgehead atoms. The summed E-state index contributed by atoms with van der Waals surface area (Å²) in [7, 11) is 0. The van der Waals surface area contributed by atoms with Gasteiger partial charge in [0.25, 0.3) is 5.56 Å². The fourth-order valence-electron chi connectivity index (χ4n) is 1.90. The predicted molar refractivity (Wildman–Crippen MR) is 85.2 cm³/mol. The summed E-state index contributed by atoms with van der Waals surface area (Å²) in [5.74, 6) is 0. The lowest BCUT2D eigenvalue weighted by Crippen LogP contribution is -1.96. The summed E-state index contributed by atoms with van der Waals surface area (Å²) in [6, 6.07) is 16.9. The maximum atomic E-state index is 11.9. The minimum absolute atomic E-state index is 0.261. The molecule has 0 saturated heterocycles. The van der Waals surface area contributed by atoms with Crippen molar-refractivity contribution in [2.24, 2.45) is 10.2 Å². The lowest BCUT2D eigenvalue weighted by Gasteiger charge is -1.99. The van der Waals surface area contributed by atoms with Gasteiger partial charge in [-0.15, -0.1) is 5.11 Å². The second-order valence-electron chi connectivity index (χ2n) is 4.35. The standard InChI is InChI=1S/C15H11BrN4O/c16-11-6-4-5-10(9-11)13-14(15(21)20-18-13)19-17-12-7-2-1-3-8-12/h1-9H,(H2,18,20,21). The summed E-state index contributed by atoms with van der Waals surface area (Å²) in [6.45, 7) is 0. The Morgan fingerprint density at radius 2 is 1.71 bits per heavy atom. The van der Waals surface area contributed by atoms with E-state index in [4.69, 9.17) is 0 Å². The minimum Gasteiger partial charge on any atom is -0.295 e. The molecular formula is C15H11BrN4O. The van der Waals surface area contributed by atoms with E-state index < -0.39 is 0 Å². The van der Waals surface area contributed by atoms with E-state index in [1.807, 2.05) is 54.6 Å². The van der Waals surface area contributed by atoms with Crippen molar-refractivity contribution < 1.29 is 0 Å². The number of H-pyrrole nitrogens is 2. The monoisotopic (exact) mass is 342 g/mol. The van der Waals surface area contributed by atoms with Gasteiger partial charge in [-0.25, -0.2) is 0 Å². The highest BCUT2D eigenvalue weighted by atomic mass is 79.9. The van der Waals surface area contributed by atoms with Gasteiger partial charge in [0.2, 0.25) is 0 Å². The third-order valence-electron chi connectivity index (χ3n) is 2.89. The fourth-order valence-corrected chi connectivity index (χ4v) is 2.30. The first kappa shape index (κ1) is 13.5. The van der Waals surface area contributed by atoms with Crippen molar-refractivity contribution in [3.05, 3.63) is 69.4 Å². The fraction of sp³-hybridized carbons (Fsp3) is 0. The van der Waals surface area contributed by atoms with Gasteiger partial charge in [-0.1, -0.05) is 46.3 Å². The first-order valence-corrected chi connectivity index (χ1v) is 7.07. The SMILES string of the molecule is O=c1[nH][nH]c(-c2cccc(Br)c2)c1N=Nc1ccccc1. The van der Waals surface area contributed by atoms with Crippen molar-refractivity contribution in [1.82, 2.24) is 10.2 Å². The van der Waals surface area contributed by atoms with Crippen LogP contribution >= 0.6 is 15.9 Å². The molecule has 104 valence electrons. The minimum atomic E-state index is -0.301. The molecule has 0 amide bonds. The van der Waals surface area contributed by atoms with Gasteiger partial charge in [-0.2, -0.15) is 5.11 Å². The molecule has 21 heavy (non-hydrogen) atoms. The smallest absolute Gasteiger partial charge is 0.292 e. The van der Waals surface area contributed by atoms with Crippen LogP contribution in [0.1, 0.15) is 0 Å². The van der Waals surface area contributed by atoms with Crippen LogP contribution in [0.4, 0.5) is 11.4 Å². The van der Waals surface area contributed by atoms with Crippen molar-refractivity contribution in [1.29, 1.82) is 0 Å². The maximum Gasteiger partial charge on any atom is 0.292 e. The van der Waals surface area contributed by atoms with Crippen LogP contribution in [0.15, 0.2) is 74.1 Å². The molecule has 0 unspecified atom stereocenters. The van der Waals surface area contributed by atoms with Crippen molar-refractivity contribution >= 4 is 27.3 Å². The Labute approximate surface area is 128 Å². The molecule has 2 N–H and O–H groups in total. The van der Waals surface area contributed by atoms with Gasteiger partial charge in [-0.05, 0) is 24.3 Å². The number of halogens is 1. The number of aromatic nitrogens is 2. The molecule has 5 nitrogen and oxygen atoms in total. The molecule has 0 fully saturated rings. The van der Waals surface area contributed by atoms with Gasteiger partial charge >= 0.3 is 0 Å². The van der Waals surface area contributed by atoms with Crippen molar-refractivity contribution in [3.8, 4) is 11.3 Å². The van der Waals surface area contributed by atoms with Crippen LogP contribution in [0.5, 0.6) is 0 Å². The zero-order valence-electron chi connectivity index (χ0n) is 10.9. The van der Waals surface area contributed by atoms with Gasteiger partial charge in [-0.3, -0.25) is 15.0 Å². The predicted octanol–water partition coefficient (Wildman–Crippen LogP) is 4.55. The number of hydrogen-bond acceptors (Lipinski definition) is 3. The largest absolute Gasteiger partial charge is 0.295 e. The summed E-state index contributed by atoms with van der Waals surface area (Å²) in [5, 5.41) is 13.6. The highest BCUT2D eigenvalue weighted by Gasteiger charge is 2.11. The van der Waals surface area contributed by atoms with E-state index >= 15 is 0 Å². The lowest BCUT2D eigenvalue weighted by molar-refractivity contribution is 1.06. The number of hydrogen-bond donors (Lipinski definition) is 2. The molecule has 1 heterocycles. The van der Waals surface area contributed by atoms with Gasteiger partial charge in [0.15, 0.2) is 5.69 Å². The first-order chi connectivity index (χ1) is 10.2. The van der Waals surface area contributed by atoms with Crippen LogP contribution in [-0.4, -0.2) is 10.2 Å². The summed E-state index contributed by atoms with van der Waals surface area (Å²) in [4.78, 5) is 11.9. The average molecular weight is 343 g/mol. The molecule has 3 aromatic rings. The Hall–Kier alpha value is -2.47. The van der Waals surface area contributed by atoms with E-state index in [-0.39, 0.29) is 11.2 Å². The molecule has 0 atom stereocenters. The van der Waals surface area contributed by atoms with Crippen LogP contribution in [0.25, 0.3) is 11.3 Å². The Kier molecular flexibility index (Phi) is 3.79. The molecule has 2 aromatic carbocycles. The van der Waals surface area contributed by atoms with Crippen molar-refractivity contribution in [3.63, 3.8) is 0 Å². The molecule has 3 rings (SSSR count). The Morgan fingerprint density at radius 3 is 2.48 bits per heavy atom. The zero-order valence-corrected chi connectivity index (χ0v) is 12.5. The van der Waals surface area contributed by atoms with Gasteiger partial charge in [0.1, 0.15) is 0 Å². The van der Waals surface area contributed by atoms with Gasteiger partial charge in [0.05, 0.1) is 11.4 Å². The summed E-state index contributed by atoms with van der Waals surface area (Å²) in [5.41, 5.74) is 2.12. The third-order valence-corrected chi connectivity index (χ3v) is 3.38. The van der Waals surface area contributed by atoms with Gasteiger partial charge in [0, 0.05) is 10.0 Å². The highest BCUT2D eigenvalue weighted by Crippen LogP contribution is 2.28. The second kappa shape index (κ2) is 5.88. The van der Waals surface area contributed by atoms with E-state index in [9.17, 15) is 4.79 Å². The Balaban J connectivity index is 2.02. The molecule has 0 saturated carbocycles. The number of azo groups is 1. The number of rotatable bonds is 3. The Bertz CT molecular complexity index is 836. The number of nitrogens with one attached hydrogen (secondary N) is 2. The molecule has 6 heteroatoms. The van der Waals surface area contributed by atoms with E-state index in [2.05, 4.69) is 36.4 Å². The number of nitrogens with zero attached hydrogens (tertiary/aromatic N) is 2. The molecular weight excluding hydrogens is 332 g/mol. The van der Waals surface area contributed by atoms with Crippen LogP contribution in [0.3, 0.4) is 0 Å². The van der Waals surface area contributed by atoms with E-state index in [0.717, 1.165) is 10.0 Å². The van der Waals surface area contributed by atoms with Gasteiger partial charge < -0.3 is 0 Å². The Morgan fingerprint density at radius 1 is 0.905 bits per heavy atom. The highest BCUT2D eigenvalue weighted by molar-refractivity contribution is 9.10. The number of aromatic amines is 2. The van der Waals surface area contributed by atoms with E-state index in [0.29, 0.717) is 11.4 Å². The zero-order chi connectivity index (χ0) is 14.7. The first-order valence-electron chi connectivity index (χ1n) is 6.27. The summed E-state index contributed by atoms with van der Waals surface area (Å²) in [6.07, 6.45) is 0. The van der Waals surface area contributed by atoms with Crippen molar-refractivity contribution in [2.45, 2.75) is 0 Å². The van der Waals surface area contributed by atoms with Crippen LogP contribution < -0.4 is 5.56 Å².